The van der Waals surface area contributed by atoms with Gasteiger partial charge in [-0.15, -0.1) is 0 Å². The molecule has 1 N–H and O–H groups in total. The Morgan fingerprint density at radius 1 is 1.41 bits per heavy atom. The molecule has 1 aromatic rings. The first kappa shape index (κ1) is 15.8. The molecule has 0 radical (unpaired) electrons. The molecule has 122 valence electrons. The molecule has 3 rings (SSSR count). The molecule has 2 amide bonds. The van der Waals surface area contributed by atoms with Crippen LogP contribution in [0.1, 0.15) is 31.9 Å². The van der Waals surface area contributed by atoms with Gasteiger partial charge in [-0.2, -0.15) is 11.3 Å². The third-order valence-electron chi connectivity index (χ3n) is 4.86. The summed E-state index contributed by atoms with van der Waals surface area (Å²) < 4.78 is 5.50. The first-order valence-electron chi connectivity index (χ1n) is 8.08. The maximum atomic E-state index is 12.3. The van der Waals surface area contributed by atoms with Gasteiger partial charge in [0.25, 0.3) is 0 Å². The summed E-state index contributed by atoms with van der Waals surface area (Å²) in [5.41, 5.74) is 1.37. The van der Waals surface area contributed by atoms with Gasteiger partial charge < -0.3 is 15.0 Å². The van der Waals surface area contributed by atoms with Gasteiger partial charge in [0.05, 0.1) is 12.1 Å². The van der Waals surface area contributed by atoms with Gasteiger partial charge in [-0.05, 0) is 42.7 Å². The largest absolute Gasteiger partial charge is 0.376 e. The van der Waals surface area contributed by atoms with E-state index in [4.69, 9.17) is 4.74 Å². The minimum atomic E-state index is 0.0604. The fourth-order valence-electron chi connectivity index (χ4n) is 3.21. The molecule has 0 bridgehead atoms. The Bertz CT molecular complexity index is 486. The number of nitrogens with zero attached hydrogens (tertiary/aromatic N) is 2. The Morgan fingerprint density at radius 2 is 2.18 bits per heavy atom. The van der Waals surface area contributed by atoms with E-state index >= 15 is 0 Å². The summed E-state index contributed by atoms with van der Waals surface area (Å²) in [5.74, 6) is 0. The van der Waals surface area contributed by atoms with Crippen molar-refractivity contribution in [3.63, 3.8) is 0 Å². The normalized spacial score (nSPS) is 27.8. The molecule has 3 heterocycles. The zero-order valence-corrected chi connectivity index (χ0v) is 14.1. The molecule has 0 saturated carbocycles. The van der Waals surface area contributed by atoms with Crippen molar-refractivity contribution in [3.05, 3.63) is 22.4 Å². The van der Waals surface area contributed by atoms with Crippen LogP contribution in [-0.4, -0.2) is 60.8 Å². The molecule has 0 aromatic carbocycles. The van der Waals surface area contributed by atoms with Crippen LogP contribution < -0.4 is 5.32 Å². The van der Waals surface area contributed by atoms with E-state index in [0.29, 0.717) is 6.04 Å². The van der Waals surface area contributed by atoms with E-state index in [1.54, 1.807) is 11.3 Å². The minimum absolute atomic E-state index is 0.0604. The summed E-state index contributed by atoms with van der Waals surface area (Å²) in [5, 5.41) is 7.45. The van der Waals surface area contributed by atoms with E-state index in [0.717, 1.165) is 39.2 Å². The van der Waals surface area contributed by atoms with Crippen LogP contribution in [0.3, 0.4) is 0 Å². The molecular formula is C16H25N3O2S. The number of urea groups is 1. The van der Waals surface area contributed by atoms with Crippen LogP contribution in [0.25, 0.3) is 0 Å². The molecule has 5 nitrogen and oxygen atoms in total. The van der Waals surface area contributed by atoms with Gasteiger partial charge in [-0.1, -0.05) is 0 Å². The molecule has 2 fully saturated rings. The highest BCUT2D eigenvalue weighted by Gasteiger charge is 2.29. The predicted molar refractivity (Wildman–Crippen MR) is 88.2 cm³/mol. The van der Waals surface area contributed by atoms with Gasteiger partial charge in [-0.25, -0.2) is 4.79 Å². The van der Waals surface area contributed by atoms with Crippen molar-refractivity contribution >= 4 is 17.4 Å². The maximum absolute atomic E-state index is 12.3. The molecule has 1 aromatic heterocycles. The van der Waals surface area contributed by atoms with Gasteiger partial charge >= 0.3 is 6.03 Å². The van der Waals surface area contributed by atoms with Crippen LogP contribution in [0.2, 0.25) is 0 Å². The minimum Gasteiger partial charge on any atom is -0.376 e. The van der Waals surface area contributed by atoms with Gasteiger partial charge in [0.1, 0.15) is 0 Å². The third kappa shape index (κ3) is 3.45. The fourth-order valence-corrected chi connectivity index (χ4v) is 3.95. The lowest BCUT2D eigenvalue weighted by Crippen LogP contribution is -2.54. The first-order chi connectivity index (χ1) is 10.6. The van der Waals surface area contributed by atoms with Crippen LogP contribution in [0, 0.1) is 0 Å². The maximum Gasteiger partial charge on any atom is 0.317 e. The number of thiophene rings is 1. The third-order valence-corrected chi connectivity index (χ3v) is 5.56. The van der Waals surface area contributed by atoms with Crippen molar-refractivity contribution in [2.24, 2.45) is 0 Å². The van der Waals surface area contributed by atoms with Crippen molar-refractivity contribution < 1.29 is 9.53 Å². The van der Waals surface area contributed by atoms with E-state index < -0.39 is 0 Å². The van der Waals surface area contributed by atoms with Crippen LogP contribution in [0.4, 0.5) is 4.79 Å². The monoisotopic (exact) mass is 323 g/mol. The van der Waals surface area contributed by atoms with Crippen molar-refractivity contribution in [1.29, 1.82) is 0 Å². The standard InChI is InChI=1S/C16H25N3O2S/c1-12(14-4-10-22-11-14)18-5-7-19(8-6-18)16(20)17-15-3-9-21-13(15)2/h4,10-13,15H,3,5-9H2,1-2H3,(H,17,20)/t12-,13-,15-/m0/s1. The molecule has 2 aliphatic rings. The van der Waals surface area contributed by atoms with Crippen LogP contribution in [0.15, 0.2) is 16.8 Å². The van der Waals surface area contributed by atoms with E-state index in [1.807, 2.05) is 11.8 Å². The molecule has 22 heavy (non-hydrogen) atoms. The van der Waals surface area contributed by atoms with Crippen molar-refractivity contribution in [3.8, 4) is 0 Å². The van der Waals surface area contributed by atoms with Gasteiger partial charge in [0.2, 0.25) is 0 Å². The van der Waals surface area contributed by atoms with Crippen molar-refractivity contribution in [2.45, 2.75) is 38.5 Å². The van der Waals surface area contributed by atoms with E-state index in [-0.39, 0.29) is 18.2 Å². The van der Waals surface area contributed by atoms with Crippen LogP contribution in [-0.2, 0) is 4.74 Å². The Morgan fingerprint density at radius 3 is 2.77 bits per heavy atom. The lowest BCUT2D eigenvalue weighted by Gasteiger charge is -2.38. The first-order valence-corrected chi connectivity index (χ1v) is 9.02. The highest BCUT2D eigenvalue weighted by atomic mass is 32.1. The van der Waals surface area contributed by atoms with Crippen LogP contribution in [0.5, 0.6) is 0 Å². The summed E-state index contributed by atoms with van der Waals surface area (Å²) in [6.07, 6.45) is 1.05. The molecule has 0 unspecified atom stereocenters. The number of piperazine rings is 1. The lowest BCUT2D eigenvalue weighted by molar-refractivity contribution is 0.100. The summed E-state index contributed by atoms with van der Waals surface area (Å²) >= 11 is 1.74. The summed E-state index contributed by atoms with van der Waals surface area (Å²) in [6, 6.07) is 2.84. The van der Waals surface area contributed by atoms with Gasteiger partial charge in [0.15, 0.2) is 0 Å². The Balaban J connectivity index is 1.48. The molecule has 3 atom stereocenters. The number of hydrogen-bond acceptors (Lipinski definition) is 4. The molecule has 2 saturated heterocycles. The number of ether oxygens (including phenoxy) is 1. The quantitative estimate of drug-likeness (QED) is 0.928. The number of amides is 2. The summed E-state index contributed by atoms with van der Waals surface area (Å²) in [4.78, 5) is 16.7. The van der Waals surface area contributed by atoms with Gasteiger partial charge in [0, 0.05) is 38.8 Å². The topological polar surface area (TPSA) is 44.8 Å². The molecule has 0 spiro atoms. The van der Waals surface area contributed by atoms with E-state index in [1.165, 1.54) is 5.56 Å². The Kier molecular flexibility index (Phi) is 5.00. The Hall–Kier alpha value is -1.11. The zero-order chi connectivity index (χ0) is 15.5. The van der Waals surface area contributed by atoms with Crippen LogP contribution >= 0.6 is 11.3 Å². The fraction of sp³-hybridized carbons (Fsp3) is 0.688. The smallest absolute Gasteiger partial charge is 0.317 e. The van der Waals surface area contributed by atoms with E-state index in [2.05, 4.69) is 34.0 Å². The predicted octanol–water partition coefficient (Wildman–Crippen LogP) is 2.31. The highest BCUT2D eigenvalue weighted by Crippen LogP contribution is 2.23. The lowest BCUT2D eigenvalue weighted by atomic mass is 10.1. The summed E-state index contributed by atoms with van der Waals surface area (Å²) in [7, 11) is 0. The SMILES string of the molecule is C[C@@H]1OCC[C@@H]1NC(=O)N1CCN([C@@H](C)c2ccsc2)CC1. The number of hydrogen-bond donors (Lipinski definition) is 1. The zero-order valence-electron chi connectivity index (χ0n) is 13.3. The van der Waals surface area contributed by atoms with Gasteiger partial charge in [-0.3, -0.25) is 4.90 Å². The second-order valence-corrected chi connectivity index (χ2v) is 6.96. The van der Waals surface area contributed by atoms with Crippen molar-refractivity contribution in [1.82, 2.24) is 15.1 Å². The molecule has 2 aliphatic heterocycles. The number of nitrogens with one attached hydrogen (secondary N) is 1. The average molecular weight is 323 g/mol. The number of carbonyl (C=O) groups excluding carboxylic acids is 1. The molecular weight excluding hydrogens is 298 g/mol. The number of rotatable bonds is 3. The average Bonchev–Trinajstić information content (AvgIpc) is 3.19. The second kappa shape index (κ2) is 6.98. The van der Waals surface area contributed by atoms with E-state index in [9.17, 15) is 4.79 Å². The highest BCUT2D eigenvalue weighted by molar-refractivity contribution is 7.07. The second-order valence-electron chi connectivity index (χ2n) is 6.18. The van der Waals surface area contributed by atoms with Crippen molar-refractivity contribution in [2.75, 3.05) is 32.8 Å². The summed E-state index contributed by atoms with van der Waals surface area (Å²) in [6.45, 7) is 8.47. The molecule has 6 heteroatoms. The number of carbonyl (C=O) groups is 1. The Labute approximate surface area is 136 Å². The molecule has 0 aliphatic carbocycles.